The number of carbonyl (C=O) groups is 1. The highest BCUT2D eigenvalue weighted by Gasteiger charge is 2.39. The minimum atomic E-state index is -3.71. The van der Waals surface area contributed by atoms with Crippen molar-refractivity contribution in [3.05, 3.63) is 23.8 Å². The predicted molar refractivity (Wildman–Crippen MR) is 115 cm³/mol. The van der Waals surface area contributed by atoms with Gasteiger partial charge in [-0.1, -0.05) is 19.3 Å². The number of nitrogens with two attached hydrogens (primary N) is 1. The number of morpholine rings is 1. The second kappa shape index (κ2) is 8.82. The average molecular weight is 437 g/mol. The number of rotatable bonds is 6. The van der Waals surface area contributed by atoms with E-state index in [9.17, 15) is 13.2 Å². The molecule has 1 aromatic carbocycles. The fourth-order valence-electron chi connectivity index (χ4n) is 5.13. The molecule has 2 heterocycles. The molecule has 166 valence electrons. The Bertz CT molecular complexity index is 877. The third-order valence-electron chi connectivity index (χ3n) is 6.79. The molecule has 1 saturated carbocycles. The smallest absolute Gasteiger partial charge is 0.239 e. The van der Waals surface area contributed by atoms with Crippen LogP contribution in [0.3, 0.4) is 0 Å². The molecule has 2 fully saturated rings. The standard InChI is InChI=1S/C21H32N4O4S/c22-30(27,28)18-4-5-19-17(14-18)6-9-24(19)15-20(26)23-16-21(7-2-1-3-8-21)25-10-12-29-13-11-25/h4-5,14H,1-3,6-13,15-16H2,(H,23,26)(H2,22,27,28). The van der Waals surface area contributed by atoms with E-state index in [4.69, 9.17) is 9.88 Å². The van der Waals surface area contributed by atoms with E-state index >= 15 is 0 Å². The number of hydrogen-bond donors (Lipinski definition) is 2. The molecule has 30 heavy (non-hydrogen) atoms. The molecule has 0 bridgehead atoms. The van der Waals surface area contributed by atoms with Crippen LogP contribution in [0.4, 0.5) is 5.69 Å². The summed E-state index contributed by atoms with van der Waals surface area (Å²) in [4.78, 5) is 17.5. The lowest BCUT2D eigenvalue weighted by Gasteiger charge is -2.48. The topological polar surface area (TPSA) is 105 Å². The van der Waals surface area contributed by atoms with Crippen molar-refractivity contribution in [1.82, 2.24) is 10.2 Å². The Labute approximate surface area is 178 Å². The van der Waals surface area contributed by atoms with Gasteiger partial charge in [0.25, 0.3) is 0 Å². The van der Waals surface area contributed by atoms with Gasteiger partial charge in [-0.3, -0.25) is 9.69 Å². The Morgan fingerprint density at radius 1 is 1.13 bits per heavy atom. The summed E-state index contributed by atoms with van der Waals surface area (Å²) in [6.45, 7) is 5.05. The molecule has 1 saturated heterocycles. The van der Waals surface area contributed by atoms with Gasteiger partial charge in [0.05, 0.1) is 24.7 Å². The summed E-state index contributed by atoms with van der Waals surface area (Å²) >= 11 is 0. The number of primary sulfonamides is 1. The molecule has 1 aromatic rings. The highest BCUT2D eigenvalue weighted by atomic mass is 32.2. The fourth-order valence-corrected chi connectivity index (χ4v) is 5.70. The van der Waals surface area contributed by atoms with Crippen molar-refractivity contribution in [3.8, 4) is 0 Å². The van der Waals surface area contributed by atoms with Gasteiger partial charge in [-0.25, -0.2) is 13.6 Å². The second-order valence-electron chi connectivity index (χ2n) is 8.67. The minimum absolute atomic E-state index is 0.0107. The van der Waals surface area contributed by atoms with Crippen molar-refractivity contribution in [3.63, 3.8) is 0 Å². The van der Waals surface area contributed by atoms with Crippen molar-refractivity contribution in [2.45, 2.75) is 49.0 Å². The molecule has 3 N–H and O–H groups in total. The highest BCUT2D eigenvalue weighted by molar-refractivity contribution is 7.89. The van der Waals surface area contributed by atoms with Gasteiger partial charge in [-0.05, 0) is 43.0 Å². The number of hydrogen-bond acceptors (Lipinski definition) is 6. The monoisotopic (exact) mass is 436 g/mol. The molecule has 3 aliphatic rings. The van der Waals surface area contributed by atoms with Crippen LogP contribution >= 0.6 is 0 Å². The Hall–Kier alpha value is -1.68. The maximum atomic E-state index is 12.8. The second-order valence-corrected chi connectivity index (χ2v) is 10.2. The van der Waals surface area contributed by atoms with E-state index in [1.54, 1.807) is 12.1 Å². The normalized spacial score (nSPS) is 22.0. The van der Waals surface area contributed by atoms with Gasteiger partial charge >= 0.3 is 0 Å². The Balaban J connectivity index is 1.38. The van der Waals surface area contributed by atoms with E-state index in [-0.39, 0.29) is 22.9 Å². The van der Waals surface area contributed by atoms with Gasteiger partial charge in [0.2, 0.25) is 15.9 Å². The van der Waals surface area contributed by atoms with Crippen LogP contribution in [0.25, 0.3) is 0 Å². The molecule has 0 atom stereocenters. The van der Waals surface area contributed by atoms with Gasteiger partial charge in [-0.15, -0.1) is 0 Å². The van der Waals surface area contributed by atoms with E-state index in [1.807, 2.05) is 4.90 Å². The number of ether oxygens (including phenoxy) is 1. The van der Waals surface area contributed by atoms with Crippen LogP contribution in [-0.2, 0) is 26.0 Å². The zero-order valence-electron chi connectivity index (χ0n) is 17.4. The van der Waals surface area contributed by atoms with E-state index in [2.05, 4.69) is 10.2 Å². The van der Waals surface area contributed by atoms with Gasteiger partial charge in [0.15, 0.2) is 0 Å². The van der Waals surface area contributed by atoms with E-state index < -0.39 is 10.0 Å². The number of amides is 1. The molecule has 0 spiro atoms. The SMILES string of the molecule is NS(=O)(=O)c1ccc2c(c1)CCN2CC(=O)NCC1(N2CCOCC2)CCCCC1. The summed E-state index contributed by atoms with van der Waals surface area (Å²) < 4.78 is 28.7. The van der Waals surface area contributed by atoms with Crippen molar-refractivity contribution >= 4 is 21.6 Å². The molecule has 1 aliphatic carbocycles. The lowest BCUT2D eigenvalue weighted by atomic mass is 9.79. The number of anilines is 1. The van der Waals surface area contributed by atoms with E-state index in [0.29, 0.717) is 19.5 Å². The van der Waals surface area contributed by atoms with Crippen LogP contribution in [0.5, 0.6) is 0 Å². The summed E-state index contributed by atoms with van der Waals surface area (Å²) in [6.07, 6.45) is 6.64. The molecule has 0 aromatic heterocycles. The molecule has 4 rings (SSSR count). The van der Waals surface area contributed by atoms with Gasteiger partial charge in [-0.2, -0.15) is 0 Å². The largest absolute Gasteiger partial charge is 0.379 e. The third-order valence-corrected chi connectivity index (χ3v) is 7.70. The van der Waals surface area contributed by atoms with Crippen LogP contribution in [0.15, 0.2) is 23.1 Å². The Kier molecular flexibility index (Phi) is 6.34. The van der Waals surface area contributed by atoms with Gasteiger partial charge in [0.1, 0.15) is 0 Å². The lowest BCUT2D eigenvalue weighted by Crippen LogP contribution is -2.60. The summed E-state index contributed by atoms with van der Waals surface area (Å²) in [5.74, 6) is 0.0107. The van der Waals surface area contributed by atoms with Crippen LogP contribution in [0.1, 0.15) is 37.7 Å². The molecule has 2 aliphatic heterocycles. The average Bonchev–Trinajstić information content (AvgIpc) is 3.15. The molecule has 1 amide bonds. The van der Waals surface area contributed by atoms with E-state index in [0.717, 1.165) is 50.4 Å². The first-order chi connectivity index (χ1) is 14.4. The Morgan fingerprint density at radius 3 is 2.57 bits per heavy atom. The molecule has 9 heteroatoms. The maximum absolute atomic E-state index is 12.8. The Morgan fingerprint density at radius 2 is 1.87 bits per heavy atom. The number of nitrogens with one attached hydrogen (secondary N) is 1. The number of benzene rings is 1. The lowest BCUT2D eigenvalue weighted by molar-refractivity contribution is -0.121. The zero-order chi connectivity index (χ0) is 21.2. The van der Waals surface area contributed by atoms with Crippen molar-refractivity contribution < 1.29 is 17.9 Å². The quantitative estimate of drug-likeness (QED) is 0.685. The number of carbonyl (C=O) groups excluding carboxylic acids is 1. The van der Waals surface area contributed by atoms with Crippen molar-refractivity contribution in [2.24, 2.45) is 5.14 Å². The third kappa shape index (κ3) is 4.64. The number of sulfonamides is 1. The van der Waals surface area contributed by atoms with Crippen LogP contribution in [0.2, 0.25) is 0 Å². The van der Waals surface area contributed by atoms with Crippen molar-refractivity contribution in [2.75, 3.05) is 50.8 Å². The molecule has 0 unspecified atom stereocenters. The van der Waals surface area contributed by atoms with Crippen LogP contribution in [0, 0.1) is 0 Å². The molecule has 8 nitrogen and oxygen atoms in total. The first kappa shape index (κ1) is 21.5. The predicted octanol–water partition coefficient (Wildman–Crippen LogP) is 0.848. The first-order valence-electron chi connectivity index (χ1n) is 10.9. The van der Waals surface area contributed by atoms with Gasteiger partial charge < -0.3 is 15.0 Å². The molecular formula is C21H32N4O4S. The summed E-state index contributed by atoms with van der Waals surface area (Å²) in [5, 5.41) is 8.44. The maximum Gasteiger partial charge on any atom is 0.239 e. The van der Waals surface area contributed by atoms with Crippen molar-refractivity contribution in [1.29, 1.82) is 0 Å². The van der Waals surface area contributed by atoms with Crippen LogP contribution < -0.4 is 15.4 Å². The summed E-state index contributed by atoms with van der Waals surface area (Å²) in [7, 11) is -3.71. The summed E-state index contributed by atoms with van der Waals surface area (Å²) in [5.41, 5.74) is 1.88. The molecule has 0 radical (unpaired) electrons. The number of fused-ring (bicyclic) bond motifs is 1. The zero-order valence-corrected chi connectivity index (χ0v) is 18.3. The number of nitrogens with zero attached hydrogens (tertiary/aromatic N) is 2. The highest BCUT2D eigenvalue weighted by Crippen LogP contribution is 2.34. The van der Waals surface area contributed by atoms with Crippen LogP contribution in [-0.4, -0.2) is 70.7 Å². The van der Waals surface area contributed by atoms with E-state index in [1.165, 1.54) is 25.3 Å². The minimum Gasteiger partial charge on any atom is -0.379 e. The molecular weight excluding hydrogens is 404 g/mol. The summed E-state index contributed by atoms with van der Waals surface area (Å²) in [6, 6.07) is 4.89. The fraction of sp³-hybridized carbons (Fsp3) is 0.667. The van der Waals surface area contributed by atoms with Gasteiger partial charge in [0, 0.05) is 37.4 Å². The first-order valence-corrected chi connectivity index (χ1v) is 12.4.